The van der Waals surface area contributed by atoms with Crippen molar-refractivity contribution in [1.82, 2.24) is 0 Å². The number of halogens is 3. The van der Waals surface area contributed by atoms with Gasteiger partial charge in [0.15, 0.2) is 0 Å². The maximum absolute atomic E-state index is 12.7. The normalized spacial score (nSPS) is 11.8. The first-order valence-corrected chi connectivity index (χ1v) is 6.16. The van der Waals surface area contributed by atoms with E-state index in [9.17, 15) is 18.3 Å². The van der Waals surface area contributed by atoms with E-state index in [1.54, 1.807) is 0 Å². The first-order chi connectivity index (χ1) is 8.41. The van der Waals surface area contributed by atoms with Gasteiger partial charge in [0, 0.05) is 4.88 Å². The summed E-state index contributed by atoms with van der Waals surface area (Å²) >= 11 is 1.37. The Hall–Kier alpha value is -1.33. The Balaban J connectivity index is 2.56. The van der Waals surface area contributed by atoms with E-state index in [0.29, 0.717) is 11.1 Å². The van der Waals surface area contributed by atoms with Crippen molar-refractivity contribution in [2.45, 2.75) is 19.7 Å². The molecule has 5 heteroatoms. The maximum atomic E-state index is 12.7. The molecule has 0 spiro atoms. The number of benzene rings is 1. The molecule has 1 heterocycles. The summed E-state index contributed by atoms with van der Waals surface area (Å²) in [5, 5.41) is 11.1. The standard InChI is InChI=1S/C13H11F3OS/c1-8-4-12(18-7-8)11-5-10(13(14,15)16)3-2-9(11)6-17/h2-5,7,17H,6H2,1H3. The van der Waals surface area contributed by atoms with E-state index in [-0.39, 0.29) is 6.61 Å². The van der Waals surface area contributed by atoms with Gasteiger partial charge in [0.05, 0.1) is 12.2 Å². The van der Waals surface area contributed by atoms with E-state index in [4.69, 9.17) is 0 Å². The molecule has 1 aromatic carbocycles. The molecule has 0 atom stereocenters. The molecule has 2 aromatic rings. The van der Waals surface area contributed by atoms with Crippen molar-refractivity contribution in [3.8, 4) is 10.4 Å². The Bertz CT molecular complexity index is 558. The fourth-order valence-corrected chi connectivity index (χ4v) is 2.64. The molecule has 1 nitrogen and oxygen atoms in total. The Labute approximate surface area is 107 Å². The molecule has 0 saturated heterocycles. The van der Waals surface area contributed by atoms with Crippen LogP contribution in [-0.2, 0) is 12.8 Å². The highest BCUT2D eigenvalue weighted by atomic mass is 32.1. The van der Waals surface area contributed by atoms with Crippen molar-refractivity contribution in [3.05, 3.63) is 46.3 Å². The topological polar surface area (TPSA) is 20.2 Å². The van der Waals surface area contributed by atoms with Gasteiger partial charge in [0.25, 0.3) is 0 Å². The Morgan fingerprint density at radius 2 is 1.94 bits per heavy atom. The quantitative estimate of drug-likeness (QED) is 0.867. The average molecular weight is 272 g/mol. The van der Waals surface area contributed by atoms with E-state index in [1.165, 1.54) is 17.4 Å². The number of aliphatic hydroxyl groups excluding tert-OH is 1. The summed E-state index contributed by atoms with van der Waals surface area (Å²) in [6.45, 7) is 1.61. The summed E-state index contributed by atoms with van der Waals surface area (Å²) in [6.07, 6.45) is -4.37. The van der Waals surface area contributed by atoms with Crippen LogP contribution in [0.5, 0.6) is 0 Å². The predicted molar refractivity (Wildman–Crippen MR) is 65.4 cm³/mol. The molecule has 0 amide bonds. The lowest BCUT2D eigenvalue weighted by Gasteiger charge is -2.11. The molecule has 0 saturated carbocycles. The van der Waals surface area contributed by atoms with Gasteiger partial charge in [-0.15, -0.1) is 11.3 Å². The minimum Gasteiger partial charge on any atom is -0.392 e. The van der Waals surface area contributed by atoms with Crippen molar-refractivity contribution in [3.63, 3.8) is 0 Å². The maximum Gasteiger partial charge on any atom is 0.416 e. The molecule has 1 N–H and O–H groups in total. The molecule has 2 rings (SSSR count). The highest BCUT2D eigenvalue weighted by Crippen LogP contribution is 2.36. The van der Waals surface area contributed by atoms with Crippen LogP contribution in [0.25, 0.3) is 10.4 Å². The minimum absolute atomic E-state index is 0.273. The van der Waals surface area contributed by atoms with Crippen molar-refractivity contribution < 1.29 is 18.3 Å². The van der Waals surface area contributed by atoms with E-state index >= 15 is 0 Å². The fourth-order valence-electron chi connectivity index (χ4n) is 1.69. The van der Waals surface area contributed by atoms with Crippen LogP contribution in [0.4, 0.5) is 13.2 Å². The molecular formula is C13H11F3OS. The molecule has 0 unspecified atom stereocenters. The number of aliphatic hydroxyl groups is 1. The zero-order valence-corrected chi connectivity index (χ0v) is 10.4. The molecule has 0 radical (unpaired) electrons. The Morgan fingerprint density at radius 1 is 1.22 bits per heavy atom. The van der Waals surface area contributed by atoms with E-state index < -0.39 is 11.7 Å². The van der Waals surface area contributed by atoms with Gasteiger partial charge in [0.1, 0.15) is 0 Å². The van der Waals surface area contributed by atoms with E-state index in [2.05, 4.69) is 0 Å². The Morgan fingerprint density at radius 3 is 2.44 bits per heavy atom. The molecule has 96 valence electrons. The van der Waals surface area contributed by atoms with Crippen LogP contribution in [0.2, 0.25) is 0 Å². The summed E-state index contributed by atoms with van der Waals surface area (Å²) in [6, 6.07) is 5.23. The number of hydrogen-bond donors (Lipinski definition) is 1. The Kier molecular flexibility index (Phi) is 3.45. The van der Waals surface area contributed by atoms with Crippen LogP contribution >= 0.6 is 11.3 Å². The largest absolute Gasteiger partial charge is 0.416 e. The molecule has 0 aliphatic carbocycles. The first-order valence-electron chi connectivity index (χ1n) is 5.28. The minimum atomic E-state index is -4.37. The van der Waals surface area contributed by atoms with Gasteiger partial charge >= 0.3 is 6.18 Å². The molecule has 0 bridgehead atoms. The van der Waals surface area contributed by atoms with Crippen molar-refractivity contribution in [2.24, 2.45) is 0 Å². The van der Waals surface area contributed by atoms with Gasteiger partial charge < -0.3 is 5.11 Å². The number of alkyl halides is 3. The van der Waals surface area contributed by atoms with Crippen LogP contribution in [-0.4, -0.2) is 5.11 Å². The summed E-state index contributed by atoms with van der Waals surface area (Å²) in [7, 11) is 0. The second-order valence-electron chi connectivity index (χ2n) is 4.02. The lowest BCUT2D eigenvalue weighted by Crippen LogP contribution is -2.05. The second-order valence-corrected chi connectivity index (χ2v) is 4.93. The van der Waals surface area contributed by atoms with Gasteiger partial charge in [0.2, 0.25) is 0 Å². The van der Waals surface area contributed by atoms with Crippen molar-refractivity contribution in [1.29, 1.82) is 0 Å². The summed E-state index contributed by atoms with van der Waals surface area (Å²) in [4.78, 5) is 0.739. The SMILES string of the molecule is Cc1csc(-c2cc(C(F)(F)F)ccc2CO)c1. The van der Waals surface area contributed by atoms with E-state index in [0.717, 1.165) is 22.6 Å². The van der Waals surface area contributed by atoms with Gasteiger partial charge in [-0.05, 0) is 47.2 Å². The van der Waals surface area contributed by atoms with Gasteiger partial charge in [-0.25, -0.2) is 0 Å². The molecule has 0 fully saturated rings. The van der Waals surface area contributed by atoms with Gasteiger partial charge in [-0.2, -0.15) is 13.2 Å². The van der Waals surface area contributed by atoms with Gasteiger partial charge in [-0.3, -0.25) is 0 Å². The van der Waals surface area contributed by atoms with Crippen LogP contribution in [0, 0.1) is 6.92 Å². The van der Waals surface area contributed by atoms with Crippen LogP contribution < -0.4 is 0 Å². The third-order valence-corrected chi connectivity index (χ3v) is 3.68. The predicted octanol–water partition coefficient (Wildman–Crippen LogP) is 4.23. The summed E-state index contributed by atoms with van der Waals surface area (Å²) in [5.41, 5.74) is 1.26. The van der Waals surface area contributed by atoms with Gasteiger partial charge in [-0.1, -0.05) is 6.07 Å². The molecule has 0 aliphatic heterocycles. The molecule has 0 aliphatic rings. The van der Waals surface area contributed by atoms with Crippen LogP contribution in [0.3, 0.4) is 0 Å². The number of rotatable bonds is 2. The second kappa shape index (κ2) is 4.74. The monoisotopic (exact) mass is 272 g/mol. The number of hydrogen-bond acceptors (Lipinski definition) is 2. The molecular weight excluding hydrogens is 261 g/mol. The fraction of sp³-hybridized carbons (Fsp3) is 0.231. The van der Waals surface area contributed by atoms with Crippen LogP contribution in [0.1, 0.15) is 16.7 Å². The highest BCUT2D eigenvalue weighted by Gasteiger charge is 2.31. The molecule has 18 heavy (non-hydrogen) atoms. The number of aryl methyl sites for hydroxylation is 1. The van der Waals surface area contributed by atoms with E-state index in [1.807, 2.05) is 18.4 Å². The van der Waals surface area contributed by atoms with Crippen LogP contribution in [0.15, 0.2) is 29.6 Å². The lowest BCUT2D eigenvalue weighted by molar-refractivity contribution is -0.137. The highest BCUT2D eigenvalue weighted by molar-refractivity contribution is 7.13. The summed E-state index contributed by atoms with van der Waals surface area (Å²) in [5.74, 6) is 0. The van der Waals surface area contributed by atoms with Crippen molar-refractivity contribution in [2.75, 3.05) is 0 Å². The first kappa shape index (κ1) is 13.1. The number of thiophene rings is 1. The third-order valence-electron chi connectivity index (χ3n) is 2.60. The zero-order valence-electron chi connectivity index (χ0n) is 9.58. The smallest absolute Gasteiger partial charge is 0.392 e. The van der Waals surface area contributed by atoms with Crippen molar-refractivity contribution >= 4 is 11.3 Å². The zero-order chi connectivity index (χ0) is 13.3. The lowest BCUT2D eigenvalue weighted by atomic mass is 10.0. The molecule has 1 aromatic heterocycles. The summed E-state index contributed by atoms with van der Waals surface area (Å²) < 4.78 is 38.0. The third kappa shape index (κ3) is 2.57. The average Bonchev–Trinajstić information content (AvgIpc) is 2.73.